The summed E-state index contributed by atoms with van der Waals surface area (Å²) in [5, 5.41) is 9.11. The van der Waals surface area contributed by atoms with Gasteiger partial charge in [-0.1, -0.05) is 50.2 Å². The third kappa shape index (κ3) is 9.08. The molecule has 0 unspecified atom stereocenters. The Morgan fingerprint density at radius 2 is 1.90 bits per heavy atom. The molecule has 0 aromatic carbocycles. The fraction of sp³-hybridized carbons (Fsp3) is 0.611. The van der Waals surface area contributed by atoms with Gasteiger partial charge in [-0.2, -0.15) is 0 Å². The van der Waals surface area contributed by atoms with Gasteiger partial charge in [0.05, 0.1) is 12.2 Å². The van der Waals surface area contributed by atoms with Gasteiger partial charge in [0, 0.05) is 12.8 Å². The summed E-state index contributed by atoms with van der Waals surface area (Å²) in [5.74, 6) is 10.8. The van der Waals surface area contributed by atoms with Crippen LogP contribution in [-0.4, -0.2) is 29.7 Å². The highest BCUT2D eigenvalue weighted by molar-refractivity contribution is 5.48. The molecule has 0 saturated carbocycles. The maximum atomic E-state index is 10.2. The van der Waals surface area contributed by atoms with Gasteiger partial charge in [0.25, 0.3) is 0 Å². The molecule has 1 fully saturated rings. The van der Waals surface area contributed by atoms with Crippen LogP contribution in [0.5, 0.6) is 0 Å². The highest BCUT2D eigenvalue weighted by atomic mass is 16.6. The molecule has 3 heteroatoms. The predicted octanol–water partition coefficient (Wildman–Crippen LogP) is 2.63. The first-order chi connectivity index (χ1) is 10.3. The smallest absolute Gasteiger partial charge is 0.134 e. The fourth-order valence-electron chi connectivity index (χ4n) is 2.08. The van der Waals surface area contributed by atoms with Gasteiger partial charge < -0.3 is 14.6 Å². The summed E-state index contributed by atoms with van der Waals surface area (Å²) in [6, 6.07) is 0. The zero-order valence-corrected chi connectivity index (χ0v) is 12.5. The molecule has 114 valence electrons. The number of epoxide rings is 1. The molecular formula is C18H24O3. The van der Waals surface area contributed by atoms with Crippen LogP contribution in [0.25, 0.3) is 0 Å². The zero-order valence-electron chi connectivity index (χ0n) is 12.5. The number of ether oxygens (including phenoxy) is 1. The molecule has 1 N–H and O–H groups in total. The van der Waals surface area contributed by atoms with Gasteiger partial charge in [0.2, 0.25) is 0 Å². The lowest BCUT2D eigenvalue weighted by Gasteiger charge is -1.98. The molecular weight excluding hydrogens is 264 g/mol. The van der Waals surface area contributed by atoms with Crippen molar-refractivity contribution in [2.45, 2.75) is 69.7 Å². The Morgan fingerprint density at radius 3 is 2.67 bits per heavy atom. The molecule has 21 heavy (non-hydrogen) atoms. The van der Waals surface area contributed by atoms with Crippen LogP contribution >= 0.6 is 0 Å². The molecule has 1 heterocycles. The number of aliphatic hydroxyl groups excluding tert-OH is 1. The normalized spacial score (nSPS) is 20.4. The summed E-state index contributed by atoms with van der Waals surface area (Å²) in [4.78, 5) is 10.2. The standard InChI is InChI=1S/C18H24O3/c1-2-16(20)12-8-7-10-14-18-17(21-18)13-9-5-3-4-6-11-15-19/h2,15-18,20H,1,3-6,9,11,13-14H2/t16-,17+,18+/m0/s1. The fourth-order valence-corrected chi connectivity index (χ4v) is 2.08. The lowest BCUT2D eigenvalue weighted by atomic mass is 10.1. The average Bonchev–Trinajstić information content (AvgIpc) is 3.24. The van der Waals surface area contributed by atoms with E-state index in [9.17, 15) is 4.79 Å². The van der Waals surface area contributed by atoms with Crippen molar-refractivity contribution in [2.24, 2.45) is 0 Å². The van der Waals surface area contributed by atoms with Gasteiger partial charge in [-0.25, -0.2) is 0 Å². The molecule has 0 radical (unpaired) electrons. The van der Waals surface area contributed by atoms with E-state index in [0.29, 0.717) is 18.9 Å². The molecule has 0 bridgehead atoms. The molecule has 1 aliphatic heterocycles. The number of hydrogen-bond donors (Lipinski definition) is 1. The minimum atomic E-state index is -0.796. The second-order valence-electron chi connectivity index (χ2n) is 5.18. The van der Waals surface area contributed by atoms with E-state index in [1.807, 2.05) is 0 Å². The van der Waals surface area contributed by atoms with E-state index >= 15 is 0 Å². The van der Waals surface area contributed by atoms with Gasteiger partial charge in [0.15, 0.2) is 0 Å². The maximum absolute atomic E-state index is 10.2. The van der Waals surface area contributed by atoms with E-state index < -0.39 is 6.10 Å². The first-order valence-corrected chi connectivity index (χ1v) is 7.66. The number of carbonyl (C=O) groups is 1. The second-order valence-corrected chi connectivity index (χ2v) is 5.18. The van der Waals surface area contributed by atoms with Crippen molar-refractivity contribution in [2.75, 3.05) is 0 Å². The monoisotopic (exact) mass is 288 g/mol. The lowest BCUT2D eigenvalue weighted by Crippen LogP contribution is -1.94. The predicted molar refractivity (Wildman–Crippen MR) is 83.4 cm³/mol. The minimum absolute atomic E-state index is 0.263. The summed E-state index contributed by atoms with van der Waals surface area (Å²) in [7, 11) is 0. The molecule has 3 nitrogen and oxygen atoms in total. The topological polar surface area (TPSA) is 49.8 Å². The van der Waals surface area contributed by atoms with Crippen LogP contribution in [0.4, 0.5) is 0 Å². The maximum Gasteiger partial charge on any atom is 0.134 e. The van der Waals surface area contributed by atoms with Crippen molar-refractivity contribution in [3.8, 4) is 23.7 Å². The molecule has 0 aromatic rings. The second kappa shape index (κ2) is 11.1. The van der Waals surface area contributed by atoms with E-state index in [2.05, 4.69) is 30.3 Å². The number of aldehydes is 1. The number of unbranched alkanes of at least 4 members (excludes halogenated alkanes) is 5. The van der Waals surface area contributed by atoms with Gasteiger partial charge >= 0.3 is 0 Å². The van der Waals surface area contributed by atoms with Crippen LogP contribution in [0.2, 0.25) is 0 Å². The molecule has 1 saturated heterocycles. The average molecular weight is 288 g/mol. The number of aliphatic hydroxyl groups is 1. The largest absolute Gasteiger partial charge is 0.377 e. The minimum Gasteiger partial charge on any atom is -0.377 e. The Kier molecular flexibility index (Phi) is 9.29. The van der Waals surface area contributed by atoms with Crippen molar-refractivity contribution >= 4 is 6.29 Å². The van der Waals surface area contributed by atoms with Crippen LogP contribution < -0.4 is 0 Å². The van der Waals surface area contributed by atoms with Crippen molar-refractivity contribution in [3.05, 3.63) is 12.7 Å². The number of carbonyl (C=O) groups excluding carboxylic acids is 1. The van der Waals surface area contributed by atoms with Crippen molar-refractivity contribution < 1.29 is 14.6 Å². The molecule has 0 spiro atoms. The third-order valence-corrected chi connectivity index (χ3v) is 3.40. The first-order valence-electron chi connectivity index (χ1n) is 7.66. The van der Waals surface area contributed by atoms with Crippen molar-refractivity contribution in [1.29, 1.82) is 0 Å². The van der Waals surface area contributed by atoms with Gasteiger partial charge in [-0.3, -0.25) is 0 Å². The molecule has 1 aliphatic rings. The van der Waals surface area contributed by atoms with Crippen molar-refractivity contribution in [1.82, 2.24) is 0 Å². The van der Waals surface area contributed by atoms with Crippen molar-refractivity contribution in [3.63, 3.8) is 0 Å². The van der Waals surface area contributed by atoms with E-state index in [0.717, 1.165) is 25.5 Å². The van der Waals surface area contributed by atoms with Gasteiger partial charge in [-0.05, 0) is 24.7 Å². The highest BCUT2D eigenvalue weighted by Gasteiger charge is 2.36. The Balaban J connectivity index is 1.97. The Morgan fingerprint density at radius 1 is 1.14 bits per heavy atom. The van der Waals surface area contributed by atoms with Crippen LogP contribution in [0.3, 0.4) is 0 Å². The quantitative estimate of drug-likeness (QED) is 0.221. The van der Waals surface area contributed by atoms with Crippen LogP contribution in [-0.2, 0) is 9.53 Å². The molecule has 0 amide bonds. The molecule has 0 aliphatic carbocycles. The van der Waals surface area contributed by atoms with E-state index in [1.165, 1.54) is 25.3 Å². The number of hydrogen-bond acceptors (Lipinski definition) is 3. The first kappa shape index (κ1) is 17.5. The SMILES string of the molecule is C=C[C@H](O)C#CC#CC[C@H]1O[C@@H]1CCCCCCCC=O. The zero-order chi connectivity index (χ0) is 15.3. The van der Waals surface area contributed by atoms with E-state index in [1.54, 1.807) is 0 Å². The lowest BCUT2D eigenvalue weighted by molar-refractivity contribution is -0.107. The summed E-state index contributed by atoms with van der Waals surface area (Å²) in [6.07, 6.45) is 10.4. The van der Waals surface area contributed by atoms with Crippen LogP contribution in [0.1, 0.15) is 51.4 Å². The molecule has 1 rings (SSSR count). The van der Waals surface area contributed by atoms with Gasteiger partial charge in [-0.15, -0.1) is 0 Å². The summed E-state index contributed by atoms with van der Waals surface area (Å²) in [5.41, 5.74) is 0. The molecule has 3 atom stereocenters. The van der Waals surface area contributed by atoms with E-state index in [4.69, 9.17) is 9.84 Å². The highest BCUT2D eigenvalue weighted by Crippen LogP contribution is 2.29. The summed E-state index contributed by atoms with van der Waals surface area (Å²) < 4.78 is 5.55. The third-order valence-electron chi connectivity index (χ3n) is 3.40. The van der Waals surface area contributed by atoms with Gasteiger partial charge in [0.1, 0.15) is 12.4 Å². The Hall–Kier alpha value is -1.55. The Labute approximate surface area is 127 Å². The Bertz CT molecular complexity index is 433. The van der Waals surface area contributed by atoms with Crippen LogP contribution in [0, 0.1) is 23.7 Å². The summed E-state index contributed by atoms with van der Waals surface area (Å²) in [6.45, 7) is 3.43. The van der Waals surface area contributed by atoms with E-state index in [-0.39, 0.29) is 6.10 Å². The summed E-state index contributed by atoms with van der Waals surface area (Å²) >= 11 is 0. The number of rotatable bonds is 10. The molecule has 0 aromatic heterocycles. The van der Waals surface area contributed by atoms with Crippen LogP contribution in [0.15, 0.2) is 12.7 Å².